The molecule has 0 spiro atoms. The fourth-order valence-corrected chi connectivity index (χ4v) is 3.15. The number of hydrogen-bond acceptors (Lipinski definition) is 1. The molecule has 0 heterocycles. The summed E-state index contributed by atoms with van der Waals surface area (Å²) in [6.45, 7) is 8.74. The van der Waals surface area contributed by atoms with Crippen LogP contribution in [0.15, 0.2) is 12.7 Å². The molecule has 10 heavy (non-hydrogen) atoms. The summed E-state index contributed by atoms with van der Waals surface area (Å²) >= 11 is 0. The van der Waals surface area contributed by atoms with Gasteiger partial charge in [-0.05, 0) is 12.5 Å². The molecule has 1 nitrogen and oxygen atoms in total. The second-order valence-corrected chi connectivity index (χ2v) is 8.72. The van der Waals surface area contributed by atoms with Gasteiger partial charge in [0.1, 0.15) is 0 Å². The van der Waals surface area contributed by atoms with E-state index in [9.17, 15) is 0 Å². The Morgan fingerprint density at radius 1 is 1.50 bits per heavy atom. The summed E-state index contributed by atoms with van der Waals surface area (Å²) in [4.78, 5) is 0. The van der Waals surface area contributed by atoms with Crippen LogP contribution in [0.3, 0.4) is 0 Å². The van der Waals surface area contributed by atoms with Crippen molar-refractivity contribution in [2.24, 2.45) is 0 Å². The van der Waals surface area contributed by atoms with Crippen molar-refractivity contribution in [3.63, 3.8) is 0 Å². The molecule has 1 N–H and O–H groups in total. The Morgan fingerprint density at radius 2 is 2.10 bits per heavy atom. The van der Waals surface area contributed by atoms with Crippen molar-refractivity contribution in [3.05, 3.63) is 12.7 Å². The van der Waals surface area contributed by atoms with Crippen molar-refractivity contribution in [2.75, 3.05) is 6.61 Å². The van der Waals surface area contributed by atoms with Crippen molar-refractivity contribution in [3.8, 4) is 0 Å². The van der Waals surface area contributed by atoms with Crippen LogP contribution in [0.4, 0.5) is 0 Å². The third-order valence-electron chi connectivity index (χ3n) is 1.71. The Bertz CT molecular complexity index is 99.4. The summed E-state index contributed by atoms with van der Waals surface area (Å²) < 4.78 is 0. The van der Waals surface area contributed by atoms with Crippen molar-refractivity contribution in [2.45, 2.75) is 31.6 Å². The van der Waals surface area contributed by atoms with E-state index in [1.165, 1.54) is 12.1 Å². The molecule has 0 aromatic rings. The summed E-state index contributed by atoms with van der Waals surface area (Å²) in [5, 5.41) is 8.59. The van der Waals surface area contributed by atoms with Crippen LogP contribution in [0.2, 0.25) is 25.2 Å². The number of rotatable bonds is 5. The molecule has 0 radical (unpaired) electrons. The monoisotopic (exact) mass is 158 g/mol. The van der Waals surface area contributed by atoms with Crippen molar-refractivity contribution in [1.82, 2.24) is 0 Å². The molecule has 0 saturated carbocycles. The highest BCUT2D eigenvalue weighted by molar-refractivity contribution is 6.77. The lowest BCUT2D eigenvalue weighted by Crippen LogP contribution is -2.23. The van der Waals surface area contributed by atoms with E-state index in [1.54, 1.807) is 0 Å². The molecule has 0 amide bonds. The van der Waals surface area contributed by atoms with Gasteiger partial charge in [0, 0.05) is 6.61 Å². The smallest absolute Gasteiger partial charge is 0.0512 e. The first-order valence-corrected chi connectivity index (χ1v) is 7.25. The number of aliphatic hydroxyl groups excluding tert-OH is 1. The first kappa shape index (κ1) is 9.92. The van der Waals surface area contributed by atoms with Gasteiger partial charge in [0.05, 0.1) is 8.07 Å². The van der Waals surface area contributed by atoms with Crippen LogP contribution in [0.5, 0.6) is 0 Å². The van der Waals surface area contributed by atoms with Gasteiger partial charge in [-0.25, -0.2) is 0 Å². The van der Waals surface area contributed by atoms with Gasteiger partial charge in [-0.1, -0.05) is 25.2 Å². The SMILES string of the molecule is C=CC[Si](C)(C)CCCO. The van der Waals surface area contributed by atoms with E-state index in [0.29, 0.717) is 6.61 Å². The lowest BCUT2D eigenvalue weighted by atomic mass is 10.5. The third kappa shape index (κ3) is 4.76. The first-order chi connectivity index (χ1) is 4.62. The minimum atomic E-state index is -1.00. The predicted molar refractivity (Wildman–Crippen MR) is 49.0 cm³/mol. The molecule has 0 aliphatic carbocycles. The maximum Gasteiger partial charge on any atom is 0.0512 e. The van der Waals surface area contributed by atoms with E-state index in [4.69, 9.17) is 5.11 Å². The maximum absolute atomic E-state index is 8.59. The van der Waals surface area contributed by atoms with Gasteiger partial charge in [0.15, 0.2) is 0 Å². The Morgan fingerprint density at radius 3 is 2.50 bits per heavy atom. The second kappa shape index (κ2) is 4.69. The zero-order valence-corrected chi connectivity index (χ0v) is 8.06. The molecule has 60 valence electrons. The highest BCUT2D eigenvalue weighted by atomic mass is 28.3. The van der Waals surface area contributed by atoms with Crippen LogP contribution < -0.4 is 0 Å². The Labute approximate surface area is 64.8 Å². The molecule has 0 fully saturated rings. The van der Waals surface area contributed by atoms with E-state index in [1.807, 2.05) is 6.08 Å². The van der Waals surface area contributed by atoms with E-state index in [-0.39, 0.29) is 0 Å². The van der Waals surface area contributed by atoms with Crippen molar-refractivity contribution in [1.29, 1.82) is 0 Å². The van der Waals surface area contributed by atoms with Gasteiger partial charge in [-0.3, -0.25) is 0 Å². The molecule has 2 heteroatoms. The first-order valence-electron chi connectivity index (χ1n) is 3.84. The molecular weight excluding hydrogens is 140 g/mol. The largest absolute Gasteiger partial charge is 0.396 e. The topological polar surface area (TPSA) is 20.2 Å². The Balaban J connectivity index is 3.51. The van der Waals surface area contributed by atoms with Gasteiger partial charge < -0.3 is 5.11 Å². The fraction of sp³-hybridized carbons (Fsp3) is 0.750. The van der Waals surface area contributed by atoms with Crippen LogP contribution in [0.25, 0.3) is 0 Å². The second-order valence-electron chi connectivity index (χ2n) is 3.48. The minimum Gasteiger partial charge on any atom is -0.396 e. The van der Waals surface area contributed by atoms with Crippen molar-refractivity contribution >= 4 is 8.07 Å². The van der Waals surface area contributed by atoms with Crippen LogP contribution in [-0.2, 0) is 0 Å². The lowest BCUT2D eigenvalue weighted by molar-refractivity contribution is 0.294. The van der Waals surface area contributed by atoms with Crippen LogP contribution in [0.1, 0.15) is 6.42 Å². The average Bonchev–Trinajstić information content (AvgIpc) is 1.84. The highest BCUT2D eigenvalue weighted by Crippen LogP contribution is 2.16. The number of aliphatic hydroxyl groups is 1. The summed E-state index contributed by atoms with van der Waals surface area (Å²) in [5.74, 6) is 0. The van der Waals surface area contributed by atoms with Gasteiger partial charge >= 0.3 is 0 Å². The average molecular weight is 158 g/mol. The molecule has 0 aromatic carbocycles. The summed E-state index contributed by atoms with van der Waals surface area (Å²) in [7, 11) is -1.00. The Hall–Kier alpha value is -0.0831. The predicted octanol–water partition coefficient (Wildman–Crippen LogP) is 2.26. The summed E-state index contributed by atoms with van der Waals surface area (Å²) in [6, 6.07) is 2.39. The summed E-state index contributed by atoms with van der Waals surface area (Å²) in [6.07, 6.45) is 2.97. The van der Waals surface area contributed by atoms with Crippen LogP contribution >= 0.6 is 0 Å². The van der Waals surface area contributed by atoms with E-state index >= 15 is 0 Å². The Kier molecular flexibility index (Phi) is 4.65. The van der Waals surface area contributed by atoms with Gasteiger partial charge in [-0.2, -0.15) is 0 Å². The van der Waals surface area contributed by atoms with Gasteiger partial charge in [-0.15, -0.1) is 6.58 Å². The molecule has 0 aliphatic rings. The molecular formula is C8H18OSi. The molecule has 0 atom stereocenters. The minimum absolute atomic E-state index is 0.341. The normalized spacial score (nSPS) is 11.5. The van der Waals surface area contributed by atoms with E-state index in [2.05, 4.69) is 19.7 Å². The molecule has 0 unspecified atom stereocenters. The van der Waals surface area contributed by atoms with E-state index < -0.39 is 8.07 Å². The van der Waals surface area contributed by atoms with Crippen LogP contribution in [0, 0.1) is 0 Å². The van der Waals surface area contributed by atoms with Gasteiger partial charge in [0.25, 0.3) is 0 Å². The molecule has 0 aliphatic heterocycles. The molecule has 0 aromatic heterocycles. The quantitative estimate of drug-likeness (QED) is 0.481. The zero-order valence-electron chi connectivity index (χ0n) is 7.06. The van der Waals surface area contributed by atoms with E-state index in [0.717, 1.165) is 6.42 Å². The fourth-order valence-electron chi connectivity index (χ4n) is 1.05. The molecule has 0 saturated heterocycles. The molecule has 0 bridgehead atoms. The third-order valence-corrected chi connectivity index (χ3v) is 4.81. The highest BCUT2D eigenvalue weighted by Gasteiger charge is 2.16. The van der Waals surface area contributed by atoms with Crippen LogP contribution in [-0.4, -0.2) is 19.8 Å². The van der Waals surface area contributed by atoms with Crippen molar-refractivity contribution < 1.29 is 5.11 Å². The lowest BCUT2D eigenvalue weighted by Gasteiger charge is -2.19. The standard InChI is InChI=1S/C8H18OSi/c1-4-7-10(2,3)8-5-6-9/h4,9H,1,5-8H2,2-3H3. The molecule has 0 rings (SSSR count). The maximum atomic E-state index is 8.59. The number of hydrogen-bond donors (Lipinski definition) is 1. The summed E-state index contributed by atoms with van der Waals surface area (Å²) in [5.41, 5.74) is 0. The number of allylic oxidation sites excluding steroid dienone is 1. The van der Waals surface area contributed by atoms with Gasteiger partial charge in [0.2, 0.25) is 0 Å². The zero-order chi connectivity index (χ0) is 8.04.